The molecule has 0 spiro atoms. The van der Waals surface area contributed by atoms with Crippen molar-refractivity contribution in [2.45, 2.75) is 69.5 Å². The van der Waals surface area contributed by atoms with Gasteiger partial charge in [-0.1, -0.05) is 14.8 Å². The van der Waals surface area contributed by atoms with Crippen LogP contribution in [0.25, 0.3) is 0 Å². The molecule has 156 valence electrons. The highest BCUT2D eigenvalue weighted by molar-refractivity contribution is 8.00. The minimum absolute atomic E-state index is 0.0309. The fourth-order valence-corrected chi connectivity index (χ4v) is 9.06. The zero-order chi connectivity index (χ0) is 20.1. The summed E-state index contributed by atoms with van der Waals surface area (Å²) in [6, 6.07) is 0. The van der Waals surface area contributed by atoms with Crippen LogP contribution in [-0.2, 0) is 38.8 Å². The largest absolute Gasteiger partial charge is 0.593 e. The predicted molar refractivity (Wildman–Crippen MR) is 102 cm³/mol. The van der Waals surface area contributed by atoms with Crippen LogP contribution < -0.4 is 0 Å². The van der Waals surface area contributed by atoms with E-state index in [4.69, 9.17) is 0 Å². The molecule has 2 amide bonds. The second-order valence-electron chi connectivity index (χ2n) is 8.08. The van der Waals surface area contributed by atoms with E-state index in [2.05, 4.69) is 0 Å². The lowest BCUT2D eigenvalue weighted by Gasteiger charge is -2.26. The van der Waals surface area contributed by atoms with Gasteiger partial charge in [0.25, 0.3) is 11.8 Å². The Balaban J connectivity index is 1.35. The highest BCUT2D eigenvalue weighted by atomic mass is 32.3. The fourth-order valence-electron chi connectivity index (χ4n) is 4.96. The zero-order valence-electron chi connectivity index (χ0n) is 15.8. The Labute approximate surface area is 167 Å². The molecule has 10 heteroatoms. The van der Waals surface area contributed by atoms with E-state index >= 15 is 0 Å². The molecule has 2 heterocycles. The number of sulfonamides is 2. The van der Waals surface area contributed by atoms with Crippen LogP contribution in [0.3, 0.4) is 0 Å². The van der Waals surface area contributed by atoms with Crippen molar-refractivity contribution in [2.75, 3.05) is 13.1 Å². The Morgan fingerprint density at radius 3 is 2.21 bits per heavy atom. The SMILES string of the molecule is O=C1C2=C(CCCC2)[S+](=O)([O-])N1CCCCN1C(=O)C2CCCCC2[S+]1(=O)[O-]. The van der Waals surface area contributed by atoms with Crippen molar-refractivity contribution in [3.63, 3.8) is 0 Å². The van der Waals surface area contributed by atoms with Gasteiger partial charge in [-0.3, -0.25) is 9.59 Å². The summed E-state index contributed by atoms with van der Waals surface area (Å²) in [5.41, 5.74) is 0.424. The van der Waals surface area contributed by atoms with Gasteiger partial charge in [-0.15, -0.1) is 0 Å². The molecule has 1 saturated heterocycles. The minimum atomic E-state index is -3.72. The van der Waals surface area contributed by atoms with E-state index in [1.54, 1.807) is 0 Å². The number of hydrogen-bond acceptors (Lipinski definition) is 6. The van der Waals surface area contributed by atoms with Crippen LogP contribution in [0.5, 0.6) is 0 Å². The molecular weight excluding hydrogens is 404 g/mol. The quantitative estimate of drug-likeness (QED) is 0.485. The van der Waals surface area contributed by atoms with Crippen molar-refractivity contribution in [1.29, 1.82) is 0 Å². The smallest absolute Gasteiger partial charge is 0.295 e. The summed E-state index contributed by atoms with van der Waals surface area (Å²) in [4.78, 5) is 25.2. The van der Waals surface area contributed by atoms with E-state index in [1.165, 1.54) is 0 Å². The normalized spacial score (nSPS) is 38.2. The van der Waals surface area contributed by atoms with Crippen molar-refractivity contribution >= 4 is 32.6 Å². The van der Waals surface area contributed by atoms with Crippen LogP contribution in [0.1, 0.15) is 64.2 Å². The van der Waals surface area contributed by atoms with Crippen LogP contribution >= 0.6 is 0 Å². The first-order chi connectivity index (χ1) is 13.3. The number of rotatable bonds is 5. The average Bonchev–Trinajstić information content (AvgIpc) is 2.99. The van der Waals surface area contributed by atoms with E-state index in [0.29, 0.717) is 44.1 Å². The standard InChI is InChI=1S/C18H26N2O6S2/c21-17-13-7-1-3-9-15(13)27(23,24)19(17)11-5-6-12-20-18(22)14-8-2-4-10-16(14)28(20,25)26/h13,15H,1-12H2. The van der Waals surface area contributed by atoms with Crippen molar-refractivity contribution < 1.29 is 27.1 Å². The third-order valence-electron chi connectivity index (χ3n) is 6.43. The molecule has 0 radical (unpaired) electrons. The number of carbonyl (C=O) groups excluding carboxylic acids is 2. The van der Waals surface area contributed by atoms with Gasteiger partial charge >= 0.3 is 0 Å². The second kappa shape index (κ2) is 7.30. The lowest BCUT2D eigenvalue weighted by atomic mass is 9.88. The first kappa shape index (κ1) is 20.2. The number of carbonyl (C=O) groups is 2. The second-order valence-corrected chi connectivity index (χ2v) is 12.0. The summed E-state index contributed by atoms with van der Waals surface area (Å²) in [7, 11) is -7.33. The number of allylic oxidation sites excluding steroid dienone is 1. The molecule has 2 aliphatic heterocycles. The summed E-state index contributed by atoms with van der Waals surface area (Å²) in [6.45, 7) is 0.0898. The van der Waals surface area contributed by atoms with Crippen molar-refractivity contribution in [3.8, 4) is 0 Å². The van der Waals surface area contributed by atoms with Gasteiger partial charge in [-0.05, 0) is 51.4 Å². The number of amides is 2. The molecule has 8 nitrogen and oxygen atoms in total. The summed E-state index contributed by atoms with van der Waals surface area (Å²) in [5, 5.41) is -0.592. The number of nitrogens with zero attached hydrogens (tertiary/aromatic N) is 2. The Hall–Kier alpha value is -1.10. The molecule has 4 rings (SSSR count). The highest BCUT2D eigenvalue weighted by Gasteiger charge is 2.57. The van der Waals surface area contributed by atoms with E-state index in [0.717, 1.165) is 34.3 Å². The Morgan fingerprint density at radius 1 is 0.893 bits per heavy atom. The first-order valence-corrected chi connectivity index (χ1v) is 13.0. The zero-order valence-corrected chi connectivity index (χ0v) is 17.4. The van der Waals surface area contributed by atoms with E-state index < -0.39 is 37.9 Å². The van der Waals surface area contributed by atoms with Gasteiger partial charge in [0.05, 0.1) is 24.6 Å². The summed E-state index contributed by atoms with van der Waals surface area (Å²) in [6.07, 6.45) is 6.06. The molecule has 0 aromatic carbocycles. The molecule has 0 N–H and O–H groups in total. The summed E-state index contributed by atoms with van der Waals surface area (Å²) < 4.78 is 52.4. The minimum Gasteiger partial charge on any atom is -0.593 e. The van der Waals surface area contributed by atoms with Crippen LogP contribution in [0.15, 0.2) is 10.5 Å². The van der Waals surface area contributed by atoms with Crippen molar-refractivity contribution in [2.24, 2.45) is 5.92 Å². The van der Waals surface area contributed by atoms with E-state index in [-0.39, 0.29) is 23.9 Å². The number of fused-ring (bicyclic) bond motifs is 1. The molecule has 0 aromatic rings. The summed E-state index contributed by atoms with van der Waals surface area (Å²) >= 11 is 0. The molecule has 4 aliphatic rings. The van der Waals surface area contributed by atoms with Crippen molar-refractivity contribution in [3.05, 3.63) is 10.5 Å². The van der Waals surface area contributed by atoms with Gasteiger partial charge in [0, 0.05) is 6.42 Å². The lowest BCUT2D eigenvalue weighted by Crippen LogP contribution is -2.39. The van der Waals surface area contributed by atoms with Gasteiger partial charge in [0.1, 0.15) is 0 Å². The molecule has 4 atom stereocenters. The molecule has 2 fully saturated rings. The maximum absolute atomic E-state index is 12.7. The molecule has 0 aromatic heterocycles. The molecule has 4 unspecified atom stereocenters. The van der Waals surface area contributed by atoms with Crippen molar-refractivity contribution in [1.82, 2.24) is 8.61 Å². The molecule has 0 bridgehead atoms. The third-order valence-corrected chi connectivity index (χ3v) is 10.7. The molecule has 1 saturated carbocycles. The molecule has 2 aliphatic carbocycles. The van der Waals surface area contributed by atoms with Crippen LogP contribution in [0.2, 0.25) is 0 Å². The van der Waals surface area contributed by atoms with Crippen LogP contribution in [0, 0.1) is 5.92 Å². The lowest BCUT2D eigenvalue weighted by molar-refractivity contribution is -0.129. The Bertz CT molecular complexity index is 821. The van der Waals surface area contributed by atoms with Crippen LogP contribution in [-0.4, -0.2) is 47.9 Å². The van der Waals surface area contributed by atoms with Gasteiger partial charge in [0.15, 0.2) is 31.0 Å². The van der Waals surface area contributed by atoms with Gasteiger partial charge in [-0.2, -0.15) is 8.61 Å². The third kappa shape index (κ3) is 3.09. The molecular formula is C18H26N2O6S2. The van der Waals surface area contributed by atoms with Gasteiger partial charge in [0.2, 0.25) is 0 Å². The first-order valence-electron chi connectivity index (χ1n) is 10.1. The average molecular weight is 431 g/mol. The maximum atomic E-state index is 12.7. The highest BCUT2D eigenvalue weighted by Crippen LogP contribution is 2.42. The predicted octanol–water partition coefficient (Wildman–Crippen LogP) is 1.93. The number of hydrogen-bond donors (Lipinski definition) is 0. The molecule has 28 heavy (non-hydrogen) atoms. The Morgan fingerprint density at radius 2 is 1.54 bits per heavy atom. The van der Waals surface area contributed by atoms with E-state index in [9.17, 15) is 27.1 Å². The fraction of sp³-hybridized carbons (Fsp3) is 0.778. The van der Waals surface area contributed by atoms with E-state index in [1.807, 2.05) is 0 Å². The summed E-state index contributed by atoms with van der Waals surface area (Å²) in [5.74, 6) is -1.16. The van der Waals surface area contributed by atoms with Gasteiger partial charge in [-0.25, -0.2) is 0 Å². The topological polar surface area (TPSA) is 121 Å². The Kier molecular flexibility index (Phi) is 5.26. The van der Waals surface area contributed by atoms with Gasteiger partial charge < -0.3 is 9.11 Å². The van der Waals surface area contributed by atoms with Crippen LogP contribution in [0.4, 0.5) is 0 Å². The maximum Gasteiger partial charge on any atom is 0.295 e. The monoisotopic (exact) mass is 430 g/mol. The number of unbranched alkanes of at least 4 members (excludes halogenated alkanes) is 1.